The topological polar surface area (TPSA) is 74.6 Å². The van der Waals surface area contributed by atoms with Gasteiger partial charge in [0.2, 0.25) is 0 Å². The third-order valence-electron chi connectivity index (χ3n) is 11.1. The monoisotopic (exact) mass is 430 g/mol. The van der Waals surface area contributed by atoms with E-state index in [0.29, 0.717) is 24.7 Å². The molecule has 0 radical (unpaired) electrons. The maximum absolute atomic E-state index is 13.8. The first-order chi connectivity index (χ1) is 14.3. The van der Waals surface area contributed by atoms with E-state index in [0.717, 1.165) is 37.7 Å². The Hall–Kier alpha value is -1.00. The predicted octanol–water partition coefficient (Wildman–Crippen LogP) is 4.72. The van der Waals surface area contributed by atoms with Gasteiger partial charge in [0.15, 0.2) is 5.78 Å². The molecule has 0 spiro atoms. The summed E-state index contributed by atoms with van der Waals surface area (Å²) in [5, 5.41) is 20.9. The molecule has 2 N–H and O–H groups in total. The molecule has 4 aliphatic rings. The predicted molar refractivity (Wildman–Crippen MR) is 121 cm³/mol. The second kappa shape index (κ2) is 7.25. The maximum Gasteiger partial charge on any atom is 0.159 e. The fourth-order valence-corrected chi connectivity index (χ4v) is 9.12. The lowest BCUT2D eigenvalue weighted by molar-refractivity contribution is -0.166. The van der Waals surface area contributed by atoms with Crippen molar-refractivity contribution >= 4 is 11.6 Å². The van der Waals surface area contributed by atoms with Crippen molar-refractivity contribution in [2.45, 2.75) is 92.6 Å². The molecule has 4 heteroatoms. The molecule has 0 aromatic heterocycles. The average molecular weight is 431 g/mol. The fourth-order valence-electron chi connectivity index (χ4n) is 9.12. The van der Waals surface area contributed by atoms with Crippen LogP contribution in [0.25, 0.3) is 0 Å². The number of carbonyl (C=O) groups is 2. The molecule has 0 aliphatic heterocycles. The van der Waals surface area contributed by atoms with Gasteiger partial charge in [0, 0.05) is 17.8 Å². The molecule has 0 aromatic carbocycles. The number of fused-ring (bicyclic) bond motifs is 5. The lowest BCUT2D eigenvalue weighted by Gasteiger charge is -2.65. The number of allylic oxidation sites excluding steroid dienone is 1. The molecular weight excluding hydrogens is 388 g/mol. The maximum atomic E-state index is 13.8. The Kier molecular flexibility index (Phi) is 5.42. The van der Waals surface area contributed by atoms with Gasteiger partial charge in [-0.2, -0.15) is 0 Å². The fraction of sp³-hybridized carbons (Fsp3) is 0.852. The van der Waals surface area contributed by atoms with Crippen LogP contribution in [0.4, 0.5) is 0 Å². The van der Waals surface area contributed by atoms with Crippen LogP contribution in [-0.2, 0) is 9.59 Å². The van der Waals surface area contributed by atoms with E-state index in [4.69, 9.17) is 0 Å². The van der Waals surface area contributed by atoms with Crippen LogP contribution in [0.3, 0.4) is 0 Å². The Morgan fingerprint density at radius 1 is 1.10 bits per heavy atom. The van der Waals surface area contributed by atoms with Gasteiger partial charge < -0.3 is 15.0 Å². The Morgan fingerprint density at radius 2 is 1.77 bits per heavy atom. The second-order valence-corrected chi connectivity index (χ2v) is 12.5. The number of rotatable bonds is 4. The number of Topliss-reactive ketones (excluding diaryl/α,β-unsaturated/α-hetero) is 1. The van der Waals surface area contributed by atoms with Crippen molar-refractivity contribution in [2.24, 2.45) is 45.3 Å². The lowest BCUT2D eigenvalue weighted by atomic mass is 9.38. The van der Waals surface area contributed by atoms with Gasteiger partial charge in [0.1, 0.15) is 5.78 Å². The molecule has 0 bridgehead atoms. The Labute approximate surface area is 187 Å². The molecule has 3 fully saturated rings. The summed E-state index contributed by atoms with van der Waals surface area (Å²) in [7, 11) is 0. The molecule has 31 heavy (non-hydrogen) atoms. The van der Waals surface area contributed by atoms with Crippen LogP contribution in [0.1, 0.15) is 86.5 Å². The highest BCUT2D eigenvalue weighted by atomic mass is 16.3. The highest BCUT2D eigenvalue weighted by Gasteiger charge is 2.69. The molecule has 0 heterocycles. The van der Waals surface area contributed by atoms with Crippen molar-refractivity contribution in [1.82, 2.24) is 0 Å². The SMILES string of the molecule is CC(=O)CC(C)C1CCC2(C)C3C(=O)C=C4C(CCC(O)C4(C)CO)C3(C)CCC12C. The number of carbonyl (C=O) groups excluding carboxylic acids is 2. The summed E-state index contributed by atoms with van der Waals surface area (Å²) in [6.07, 6.45) is 7.65. The molecule has 0 aromatic rings. The van der Waals surface area contributed by atoms with Crippen molar-refractivity contribution < 1.29 is 19.8 Å². The largest absolute Gasteiger partial charge is 0.395 e. The van der Waals surface area contributed by atoms with E-state index in [1.54, 1.807) is 6.92 Å². The minimum Gasteiger partial charge on any atom is -0.395 e. The van der Waals surface area contributed by atoms with Crippen LogP contribution in [0, 0.1) is 45.3 Å². The van der Waals surface area contributed by atoms with Crippen molar-refractivity contribution in [3.8, 4) is 0 Å². The van der Waals surface area contributed by atoms with Crippen LogP contribution in [0.15, 0.2) is 11.6 Å². The van der Waals surface area contributed by atoms with Gasteiger partial charge in [-0.25, -0.2) is 0 Å². The van der Waals surface area contributed by atoms with E-state index >= 15 is 0 Å². The van der Waals surface area contributed by atoms with Crippen LogP contribution >= 0.6 is 0 Å². The van der Waals surface area contributed by atoms with Crippen molar-refractivity contribution in [2.75, 3.05) is 6.61 Å². The average Bonchev–Trinajstić information content (AvgIpc) is 2.95. The standard InChI is InChI=1S/C27H42O4/c1-16(13-17(2)29)18-9-10-27(6)23-21(30)14-20-19(7-8-22(31)25(20,4)15-28)24(23,3)11-12-26(18,27)5/h14,16,18-19,22-23,28,31H,7-13,15H2,1-6H3. The zero-order chi connectivity index (χ0) is 23.0. The quantitative estimate of drug-likeness (QED) is 0.677. The van der Waals surface area contributed by atoms with E-state index in [-0.39, 0.29) is 46.3 Å². The Balaban J connectivity index is 1.77. The smallest absolute Gasteiger partial charge is 0.159 e. The summed E-state index contributed by atoms with van der Waals surface area (Å²) in [5.74, 6) is 1.50. The molecule has 9 unspecified atom stereocenters. The van der Waals surface area contributed by atoms with Gasteiger partial charge in [-0.15, -0.1) is 0 Å². The summed E-state index contributed by atoms with van der Waals surface area (Å²) in [6, 6.07) is 0. The van der Waals surface area contributed by atoms with E-state index in [1.807, 2.05) is 13.0 Å². The highest BCUT2D eigenvalue weighted by molar-refractivity contribution is 5.95. The summed E-state index contributed by atoms with van der Waals surface area (Å²) < 4.78 is 0. The highest BCUT2D eigenvalue weighted by Crippen LogP contribution is 2.74. The summed E-state index contributed by atoms with van der Waals surface area (Å²) in [4.78, 5) is 25.7. The lowest BCUT2D eigenvalue weighted by Crippen LogP contribution is -2.62. The van der Waals surface area contributed by atoms with E-state index < -0.39 is 11.5 Å². The molecule has 4 nitrogen and oxygen atoms in total. The molecule has 4 aliphatic carbocycles. The molecule has 4 rings (SSSR count). The van der Waals surface area contributed by atoms with Crippen molar-refractivity contribution in [1.29, 1.82) is 0 Å². The molecule has 174 valence electrons. The number of ketones is 2. The Bertz CT molecular complexity index is 816. The number of aliphatic hydroxyl groups excluding tert-OH is 2. The molecular formula is C27H42O4. The van der Waals surface area contributed by atoms with E-state index in [9.17, 15) is 19.8 Å². The van der Waals surface area contributed by atoms with Gasteiger partial charge in [0.25, 0.3) is 0 Å². The summed E-state index contributed by atoms with van der Waals surface area (Å²) in [5.41, 5.74) is 0.110. The van der Waals surface area contributed by atoms with Crippen LogP contribution in [0.5, 0.6) is 0 Å². The normalized spacial score (nSPS) is 50.2. The molecule has 0 amide bonds. The zero-order valence-corrected chi connectivity index (χ0v) is 20.3. The van der Waals surface area contributed by atoms with Gasteiger partial charge in [-0.3, -0.25) is 4.79 Å². The first kappa shape index (κ1) is 23.2. The van der Waals surface area contributed by atoms with E-state index in [1.165, 1.54) is 0 Å². The van der Waals surface area contributed by atoms with Crippen molar-refractivity contribution in [3.05, 3.63) is 11.6 Å². The van der Waals surface area contributed by atoms with Gasteiger partial charge in [0.05, 0.1) is 12.7 Å². The number of aliphatic hydroxyl groups is 2. The summed E-state index contributed by atoms with van der Waals surface area (Å²) in [6.45, 7) is 12.8. The zero-order valence-electron chi connectivity index (χ0n) is 20.3. The number of hydrogen-bond acceptors (Lipinski definition) is 4. The molecule has 0 saturated heterocycles. The minimum atomic E-state index is -0.720. The first-order valence-electron chi connectivity index (χ1n) is 12.4. The van der Waals surface area contributed by atoms with Gasteiger partial charge in [-0.05, 0) is 85.5 Å². The Morgan fingerprint density at radius 3 is 2.39 bits per heavy atom. The third kappa shape index (κ3) is 2.93. The summed E-state index contributed by atoms with van der Waals surface area (Å²) >= 11 is 0. The van der Waals surface area contributed by atoms with Crippen LogP contribution in [-0.4, -0.2) is 34.5 Å². The molecule has 3 saturated carbocycles. The second-order valence-electron chi connectivity index (χ2n) is 12.5. The first-order valence-corrected chi connectivity index (χ1v) is 12.4. The number of hydrogen-bond donors (Lipinski definition) is 2. The van der Waals surface area contributed by atoms with Crippen LogP contribution in [0.2, 0.25) is 0 Å². The van der Waals surface area contributed by atoms with Crippen LogP contribution < -0.4 is 0 Å². The molecule has 9 atom stereocenters. The third-order valence-corrected chi connectivity index (χ3v) is 11.1. The van der Waals surface area contributed by atoms with Gasteiger partial charge in [-0.1, -0.05) is 40.2 Å². The van der Waals surface area contributed by atoms with Crippen molar-refractivity contribution in [3.63, 3.8) is 0 Å². The van der Waals surface area contributed by atoms with E-state index in [2.05, 4.69) is 27.7 Å². The van der Waals surface area contributed by atoms with Gasteiger partial charge >= 0.3 is 0 Å². The minimum absolute atomic E-state index is 0.0276.